The fraction of sp³-hybridized carbons (Fsp3) is 0.235. The average molecular weight is 617 g/mol. The number of aliphatic hydroxyl groups is 1. The Kier molecular flexibility index (Phi) is 11.0. The number of halogens is 1. The molecule has 0 bridgehead atoms. The van der Waals surface area contributed by atoms with E-state index in [-0.39, 0.29) is 25.9 Å². The summed E-state index contributed by atoms with van der Waals surface area (Å²) in [6.07, 6.45) is -1.50. The van der Waals surface area contributed by atoms with Crippen molar-refractivity contribution in [3.63, 3.8) is 0 Å². The van der Waals surface area contributed by atoms with Crippen LogP contribution in [0.1, 0.15) is 41.3 Å². The Hall–Kier alpha value is -5.13. The van der Waals surface area contributed by atoms with Crippen LogP contribution in [0.25, 0.3) is 16.9 Å². The fourth-order valence-electron chi connectivity index (χ4n) is 4.85. The molecule has 0 aliphatic carbocycles. The van der Waals surface area contributed by atoms with Gasteiger partial charge in [-0.3, -0.25) is 14.4 Å². The number of amides is 1. The second-order valence-electron chi connectivity index (χ2n) is 10.3. The van der Waals surface area contributed by atoms with Crippen molar-refractivity contribution in [3.8, 4) is 16.9 Å². The summed E-state index contributed by atoms with van der Waals surface area (Å²) in [5.74, 6) is -3.47. The third kappa shape index (κ3) is 8.28. The molecule has 1 aromatic heterocycles. The Morgan fingerprint density at radius 2 is 1.69 bits per heavy atom. The maximum absolute atomic E-state index is 14.4. The summed E-state index contributed by atoms with van der Waals surface area (Å²) in [5.41, 5.74) is 3.85. The maximum Gasteiger partial charge on any atom is 0.333 e. The van der Waals surface area contributed by atoms with E-state index in [2.05, 4.69) is 5.32 Å². The smallest absolute Gasteiger partial charge is 0.333 e. The van der Waals surface area contributed by atoms with Crippen molar-refractivity contribution in [1.29, 1.82) is 0 Å². The lowest BCUT2D eigenvalue weighted by molar-refractivity contribution is -0.156. The number of carboxylic acid groups (broad SMARTS) is 1. The highest BCUT2D eigenvalue weighted by molar-refractivity contribution is 5.87. The van der Waals surface area contributed by atoms with Crippen LogP contribution in [0.3, 0.4) is 0 Å². The average Bonchev–Trinajstić information content (AvgIpc) is 3.38. The summed E-state index contributed by atoms with van der Waals surface area (Å²) in [4.78, 5) is 48.8. The largest absolute Gasteiger partial charge is 0.481 e. The van der Waals surface area contributed by atoms with Crippen LogP contribution in [0.5, 0.6) is 0 Å². The topological polar surface area (TPSA) is 144 Å². The van der Waals surface area contributed by atoms with Gasteiger partial charge in [-0.15, -0.1) is 0 Å². The van der Waals surface area contributed by atoms with E-state index < -0.39 is 41.9 Å². The van der Waals surface area contributed by atoms with Gasteiger partial charge in [0.2, 0.25) is 12.2 Å². The summed E-state index contributed by atoms with van der Waals surface area (Å²) in [7, 11) is 0. The molecule has 4 aromatic rings. The molecular formula is C34H33FN2O8. The third-order valence-electron chi connectivity index (χ3n) is 7.22. The molecule has 0 saturated carbocycles. The van der Waals surface area contributed by atoms with Gasteiger partial charge < -0.3 is 29.6 Å². The zero-order chi connectivity index (χ0) is 32.5. The number of carbonyl (C=O) groups excluding carboxylic acids is 3. The molecule has 4 rings (SSSR count). The van der Waals surface area contributed by atoms with Crippen molar-refractivity contribution in [2.75, 3.05) is 13.2 Å². The number of ether oxygens (including phenoxy) is 2. The van der Waals surface area contributed by atoms with Crippen LogP contribution in [0.2, 0.25) is 0 Å². The number of nitrogens with zero attached hydrogens (tertiary/aromatic N) is 1. The van der Waals surface area contributed by atoms with Crippen LogP contribution < -0.4 is 5.32 Å². The first-order valence-electron chi connectivity index (χ1n) is 14.1. The molecule has 0 saturated heterocycles. The van der Waals surface area contributed by atoms with E-state index in [0.29, 0.717) is 33.8 Å². The standard InChI is InChI=1S/C34H33FN2O8/c1-21(33(41)42)24-11-13-25(14-12-24)29-19-28(22(2)37(29)27-10-6-9-26(35)18-27)32(34(43)45-16-15-44-31(40)20-38)36-30(39)17-23-7-4-3-5-8-23/h3-14,18-21,31-32,40H,15-17H2,1-2H3,(H,36,39)(H,41,42)/t21?,31-,32?/m1/s1. The van der Waals surface area contributed by atoms with Crippen LogP contribution in [0, 0.1) is 12.7 Å². The number of carbonyl (C=O) groups is 4. The van der Waals surface area contributed by atoms with Crippen LogP contribution in [-0.4, -0.2) is 58.4 Å². The number of nitrogens with one attached hydrogen (secondary N) is 1. The summed E-state index contributed by atoms with van der Waals surface area (Å²) in [6.45, 7) is 2.71. The van der Waals surface area contributed by atoms with Crippen molar-refractivity contribution in [2.24, 2.45) is 0 Å². The maximum atomic E-state index is 14.4. The number of aliphatic carboxylic acids is 1. The van der Waals surface area contributed by atoms with Gasteiger partial charge in [-0.2, -0.15) is 0 Å². The molecule has 0 aliphatic rings. The van der Waals surface area contributed by atoms with Gasteiger partial charge in [0.15, 0.2) is 12.3 Å². The molecule has 0 spiro atoms. The molecule has 3 atom stereocenters. The summed E-state index contributed by atoms with van der Waals surface area (Å²) in [5, 5.41) is 21.5. The first kappa shape index (κ1) is 32.8. The third-order valence-corrected chi connectivity index (χ3v) is 7.22. The van der Waals surface area contributed by atoms with Gasteiger partial charge >= 0.3 is 11.9 Å². The van der Waals surface area contributed by atoms with Gasteiger partial charge in [0.25, 0.3) is 0 Å². The molecular weight excluding hydrogens is 583 g/mol. The Balaban J connectivity index is 1.76. The quantitative estimate of drug-likeness (QED) is 0.0826. The van der Waals surface area contributed by atoms with E-state index in [1.807, 2.05) is 6.07 Å². The Labute approximate surface area is 259 Å². The lowest BCUT2D eigenvalue weighted by Crippen LogP contribution is -2.36. The second-order valence-corrected chi connectivity index (χ2v) is 10.3. The number of hydrogen-bond donors (Lipinski definition) is 3. The van der Waals surface area contributed by atoms with Crippen molar-refractivity contribution >= 4 is 24.1 Å². The van der Waals surface area contributed by atoms with Gasteiger partial charge in [0, 0.05) is 16.9 Å². The molecule has 11 heteroatoms. The van der Waals surface area contributed by atoms with E-state index in [1.54, 1.807) is 85.1 Å². The molecule has 1 amide bonds. The lowest BCUT2D eigenvalue weighted by atomic mass is 9.99. The van der Waals surface area contributed by atoms with Crippen molar-refractivity contribution < 1.29 is 43.3 Å². The van der Waals surface area contributed by atoms with E-state index in [0.717, 1.165) is 5.56 Å². The Morgan fingerprint density at radius 3 is 2.33 bits per heavy atom. The fourth-order valence-corrected chi connectivity index (χ4v) is 4.85. The molecule has 0 aliphatic heterocycles. The number of rotatable bonds is 14. The molecule has 0 fully saturated rings. The van der Waals surface area contributed by atoms with Gasteiger partial charge in [-0.1, -0.05) is 60.7 Å². The highest BCUT2D eigenvalue weighted by Crippen LogP contribution is 2.34. The number of esters is 1. The van der Waals surface area contributed by atoms with E-state index in [9.17, 15) is 33.8 Å². The zero-order valence-electron chi connectivity index (χ0n) is 24.7. The highest BCUT2D eigenvalue weighted by Gasteiger charge is 2.30. The number of aliphatic hydroxyl groups excluding tert-OH is 1. The minimum atomic E-state index is -1.67. The monoisotopic (exact) mass is 616 g/mol. The van der Waals surface area contributed by atoms with Crippen molar-refractivity contribution in [3.05, 3.63) is 113 Å². The van der Waals surface area contributed by atoms with Gasteiger partial charge in [0.05, 0.1) is 24.6 Å². The minimum absolute atomic E-state index is 0.0149. The molecule has 10 nitrogen and oxygen atoms in total. The van der Waals surface area contributed by atoms with E-state index in [1.165, 1.54) is 12.1 Å². The second kappa shape index (κ2) is 15.0. The van der Waals surface area contributed by atoms with Crippen molar-refractivity contribution in [2.45, 2.75) is 38.5 Å². The van der Waals surface area contributed by atoms with E-state index >= 15 is 0 Å². The summed E-state index contributed by atoms with van der Waals surface area (Å²) < 4.78 is 26.4. The van der Waals surface area contributed by atoms with Crippen LogP contribution in [0.4, 0.5) is 4.39 Å². The predicted octanol–water partition coefficient (Wildman–Crippen LogP) is 4.26. The summed E-state index contributed by atoms with van der Waals surface area (Å²) in [6, 6.07) is 22.1. The predicted molar refractivity (Wildman–Crippen MR) is 162 cm³/mol. The number of hydrogen-bond acceptors (Lipinski definition) is 7. The zero-order valence-corrected chi connectivity index (χ0v) is 24.7. The first-order chi connectivity index (χ1) is 21.6. The molecule has 3 N–H and O–H groups in total. The first-order valence-corrected chi connectivity index (χ1v) is 14.1. The number of carboxylic acids is 1. The van der Waals surface area contributed by atoms with Crippen LogP contribution in [-0.2, 0) is 35.1 Å². The minimum Gasteiger partial charge on any atom is -0.481 e. The van der Waals surface area contributed by atoms with Crippen molar-refractivity contribution in [1.82, 2.24) is 9.88 Å². The number of aldehydes is 1. The Morgan fingerprint density at radius 1 is 0.978 bits per heavy atom. The molecule has 45 heavy (non-hydrogen) atoms. The number of aromatic nitrogens is 1. The Bertz CT molecular complexity index is 1650. The molecule has 1 heterocycles. The SMILES string of the molecule is Cc1c(C(NC(=O)Cc2ccccc2)C(=O)OCCO[C@@H](O)C=O)cc(-c2ccc(C(C)C(=O)O)cc2)n1-c1cccc(F)c1. The van der Waals surface area contributed by atoms with Gasteiger partial charge in [0.1, 0.15) is 12.4 Å². The number of benzene rings is 3. The normalized spacial score (nSPS) is 13.0. The van der Waals surface area contributed by atoms with Crippen LogP contribution >= 0.6 is 0 Å². The molecule has 2 unspecified atom stereocenters. The van der Waals surface area contributed by atoms with Gasteiger partial charge in [-0.05, 0) is 54.8 Å². The summed E-state index contributed by atoms with van der Waals surface area (Å²) >= 11 is 0. The molecule has 3 aromatic carbocycles. The van der Waals surface area contributed by atoms with E-state index in [4.69, 9.17) is 9.47 Å². The molecule has 234 valence electrons. The highest BCUT2D eigenvalue weighted by atomic mass is 19.1. The van der Waals surface area contributed by atoms with Gasteiger partial charge in [-0.25, -0.2) is 9.18 Å². The molecule has 0 radical (unpaired) electrons. The van der Waals surface area contributed by atoms with Crippen LogP contribution in [0.15, 0.2) is 84.9 Å². The lowest BCUT2D eigenvalue weighted by Gasteiger charge is -2.19.